The molecule has 15 heavy (non-hydrogen) atoms. The molecule has 0 saturated carbocycles. The van der Waals surface area contributed by atoms with Crippen LogP contribution in [0.4, 0.5) is 0 Å². The fraction of sp³-hybridized carbons (Fsp3) is 0.889. The number of carbonyl (C=O) groups excluding carboxylic acids is 1. The fourth-order valence-electron chi connectivity index (χ4n) is 1.58. The van der Waals surface area contributed by atoms with E-state index in [1.165, 1.54) is 18.7 Å². The van der Waals surface area contributed by atoms with E-state index < -0.39 is 18.2 Å². The summed E-state index contributed by atoms with van der Waals surface area (Å²) in [5.74, 6) is 0.619. The lowest BCUT2D eigenvalue weighted by Crippen LogP contribution is -2.46. The number of aliphatic hydroxyl groups excluding tert-OH is 2. The first-order valence-electron chi connectivity index (χ1n) is 4.93. The largest absolute Gasteiger partial charge is 0.394 e. The van der Waals surface area contributed by atoms with Crippen molar-refractivity contribution in [1.29, 1.82) is 0 Å². The Labute approximate surface area is 93.2 Å². The maximum absolute atomic E-state index is 10.9. The van der Waals surface area contributed by atoms with Crippen molar-refractivity contribution < 1.29 is 19.7 Å². The summed E-state index contributed by atoms with van der Waals surface area (Å²) in [6.45, 7) is 3.13. The Kier molecular flexibility index (Phi) is 4.85. The predicted molar refractivity (Wildman–Crippen MR) is 57.5 cm³/mol. The van der Waals surface area contributed by atoms with E-state index in [-0.39, 0.29) is 18.0 Å². The smallest absolute Gasteiger partial charge is 0.217 e. The minimum atomic E-state index is -0.844. The van der Waals surface area contributed by atoms with E-state index >= 15 is 0 Å². The lowest BCUT2D eigenvalue weighted by molar-refractivity contribution is -0.120. The first kappa shape index (κ1) is 12.8. The summed E-state index contributed by atoms with van der Waals surface area (Å²) < 4.78 is 5.42. The second-order valence-corrected chi connectivity index (χ2v) is 4.77. The highest BCUT2D eigenvalue weighted by molar-refractivity contribution is 7.99. The molecule has 4 atom stereocenters. The van der Waals surface area contributed by atoms with Crippen LogP contribution < -0.4 is 5.32 Å². The van der Waals surface area contributed by atoms with Crippen LogP contribution in [0.5, 0.6) is 0 Å². The van der Waals surface area contributed by atoms with Crippen molar-refractivity contribution in [3.8, 4) is 0 Å². The Bertz CT molecular complexity index is 226. The number of aliphatic hydroxyl groups is 2. The fourth-order valence-corrected chi connectivity index (χ4v) is 2.56. The van der Waals surface area contributed by atoms with Gasteiger partial charge in [0.15, 0.2) is 0 Å². The number of ether oxygens (including phenoxy) is 1. The number of rotatable bonds is 4. The molecule has 1 aliphatic rings. The number of amides is 1. The Balaban J connectivity index is 2.64. The van der Waals surface area contributed by atoms with E-state index in [1.807, 2.05) is 6.92 Å². The number of hydrogen-bond acceptors (Lipinski definition) is 5. The first-order chi connectivity index (χ1) is 7.10. The summed E-state index contributed by atoms with van der Waals surface area (Å²) in [6.07, 6.45) is -1.45. The number of nitrogens with one attached hydrogen (secondary N) is 1. The van der Waals surface area contributed by atoms with Crippen LogP contribution in [0.1, 0.15) is 13.8 Å². The van der Waals surface area contributed by atoms with E-state index in [4.69, 9.17) is 9.84 Å². The zero-order chi connectivity index (χ0) is 11.4. The molecule has 0 spiro atoms. The molecule has 1 rings (SSSR count). The lowest BCUT2D eigenvalue weighted by Gasteiger charge is -2.19. The Hall–Kier alpha value is -0.300. The molecule has 0 aromatic carbocycles. The van der Waals surface area contributed by atoms with Gasteiger partial charge in [0.2, 0.25) is 5.91 Å². The molecule has 1 amide bonds. The van der Waals surface area contributed by atoms with Gasteiger partial charge in [0.25, 0.3) is 0 Å². The van der Waals surface area contributed by atoms with Gasteiger partial charge in [0.05, 0.1) is 12.6 Å². The van der Waals surface area contributed by atoms with Crippen LogP contribution in [0.3, 0.4) is 0 Å². The SMILES string of the molecule is CCS[C@@H]1O[C@H](CO)[C@@H](O)[C@H]1NC(C)=O. The van der Waals surface area contributed by atoms with Crippen LogP contribution in [0.15, 0.2) is 0 Å². The summed E-state index contributed by atoms with van der Waals surface area (Å²) >= 11 is 1.50. The van der Waals surface area contributed by atoms with E-state index in [9.17, 15) is 9.90 Å². The minimum Gasteiger partial charge on any atom is -0.394 e. The van der Waals surface area contributed by atoms with Crippen molar-refractivity contribution in [3.63, 3.8) is 0 Å². The van der Waals surface area contributed by atoms with Gasteiger partial charge in [-0.2, -0.15) is 0 Å². The second kappa shape index (κ2) is 5.69. The van der Waals surface area contributed by atoms with Crippen molar-refractivity contribution in [2.45, 2.75) is 37.5 Å². The molecular formula is C9H17NO4S. The van der Waals surface area contributed by atoms with Crippen LogP contribution in [0, 0.1) is 0 Å². The maximum atomic E-state index is 10.9. The van der Waals surface area contributed by atoms with E-state index in [0.29, 0.717) is 0 Å². The third-order valence-electron chi connectivity index (χ3n) is 2.23. The van der Waals surface area contributed by atoms with Gasteiger partial charge in [-0.1, -0.05) is 6.92 Å². The molecular weight excluding hydrogens is 218 g/mol. The molecule has 0 aromatic rings. The van der Waals surface area contributed by atoms with Crippen molar-refractivity contribution in [3.05, 3.63) is 0 Å². The van der Waals surface area contributed by atoms with E-state index in [0.717, 1.165) is 5.75 Å². The number of thioether (sulfide) groups is 1. The predicted octanol–water partition coefficient (Wildman–Crippen LogP) is -0.678. The third-order valence-corrected chi connectivity index (χ3v) is 3.30. The highest BCUT2D eigenvalue weighted by atomic mass is 32.2. The number of carbonyl (C=O) groups is 1. The van der Waals surface area contributed by atoms with Crippen molar-refractivity contribution in [2.24, 2.45) is 0 Å². The van der Waals surface area contributed by atoms with Gasteiger partial charge in [0.1, 0.15) is 17.6 Å². The van der Waals surface area contributed by atoms with Gasteiger partial charge in [-0.15, -0.1) is 11.8 Å². The van der Waals surface area contributed by atoms with Gasteiger partial charge < -0.3 is 20.3 Å². The zero-order valence-electron chi connectivity index (χ0n) is 8.84. The van der Waals surface area contributed by atoms with Crippen molar-refractivity contribution in [2.75, 3.05) is 12.4 Å². The molecule has 6 heteroatoms. The average molecular weight is 235 g/mol. The van der Waals surface area contributed by atoms with Crippen LogP contribution in [-0.2, 0) is 9.53 Å². The summed E-state index contributed by atoms with van der Waals surface area (Å²) in [4.78, 5) is 10.9. The highest BCUT2D eigenvalue weighted by Gasteiger charge is 2.43. The third kappa shape index (κ3) is 3.07. The Morgan fingerprint density at radius 3 is 2.73 bits per heavy atom. The quantitative estimate of drug-likeness (QED) is 0.602. The van der Waals surface area contributed by atoms with Crippen molar-refractivity contribution in [1.82, 2.24) is 5.32 Å². The molecule has 0 aromatic heterocycles. The second-order valence-electron chi connectivity index (χ2n) is 3.40. The van der Waals surface area contributed by atoms with Crippen molar-refractivity contribution >= 4 is 17.7 Å². The monoisotopic (exact) mass is 235 g/mol. The molecule has 1 heterocycles. The first-order valence-corrected chi connectivity index (χ1v) is 5.98. The molecule has 0 bridgehead atoms. The normalized spacial score (nSPS) is 35.5. The topological polar surface area (TPSA) is 78.8 Å². The molecule has 5 nitrogen and oxygen atoms in total. The van der Waals surface area contributed by atoms with Gasteiger partial charge in [0, 0.05) is 6.92 Å². The van der Waals surface area contributed by atoms with Gasteiger partial charge in [-0.25, -0.2) is 0 Å². The number of hydrogen-bond donors (Lipinski definition) is 3. The Morgan fingerprint density at radius 1 is 1.60 bits per heavy atom. The van der Waals surface area contributed by atoms with Crippen LogP contribution in [0.25, 0.3) is 0 Å². The molecule has 0 aliphatic carbocycles. The van der Waals surface area contributed by atoms with E-state index in [1.54, 1.807) is 0 Å². The van der Waals surface area contributed by atoms with Gasteiger partial charge >= 0.3 is 0 Å². The highest BCUT2D eigenvalue weighted by Crippen LogP contribution is 2.29. The maximum Gasteiger partial charge on any atom is 0.217 e. The average Bonchev–Trinajstić information content (AvgIpc) is 2.46. The summed E-state index contributed by atoms with van der Waals surface area (Å²) in [6, 6.07) is -0.440. The molecule has 1 fully saturated rings. The van der Waals surface area contributed by atoms with Crippen LogP contribution in [-0.4, -0.2) is 52.2 Å². The summed E-state index contributed by atoms with van der Waals surface area (Å²) in [5, 5.41) is 21.4. The molecule has 3 N–H and O–H groups in total. The standard InChI is InChI=1S/C9H17NO4S/c1-3-15-9-7(10-5(2)12)8(13)6(4-11)14-9/h6-9,11,13H,3-4H2,1-2H3,(H,10,12)/t6-,7-,8-,9+/m1/s1. The Morgan fingerprint density at radius 2 is 2.27 bits per heavy atom. The lowest BCUT2D eigenvalue weighted by atomic mass is 10.1. The van der Waals surface area contributed by atoms with E-state index in [2.05, 4.69) is 5.32 Å². The van der Waals surface area contributed by atoms with Crippen LogP contribution >= 0.6 is 11.8 Å². The minimum absolute atomic E-state index is 0.206. The van der Waals surface area contributed by atoms with Gasteiger partial charge in [-0.3, -0.25) is 4.79 Å². The summed E-state index contributed by atoms with van der Waals surface area (Å²) in [7, 11) is 0. The van der Waals surface area contributed by atoms with Crippen LogP contribution in [0.2, 0.25) is 0 Å². The summed E-state index contributed by atoms with van der Waals surface area (Å²) in [5.41, 5.74) is -0.286. The zero-order valence-corrected chi connectivity index (χ0v) is 9.66. The molecule has 1 saturated heterocycles. The molecule has 0 unspecified atom stereocenters. The molecule has 1 aliphatic heterocycles. The molecule has 0 radical (unpaired) electrons. The van der Waals surface area contributed by atoms with Gasteiger partial charge in [-0.05, 0) is 5.75 Å². The molecule has 88 valence electrons.